The molecule has 0 unspecified atom stereocenters. The van der Waals surface area contributed by atoms with Crippen molar-refractivity contribution in [3.8, 4) is 0 Å². The number of aryl methyl sites for hydroxylation is 3. The van der Waals surface area contributed by atoms with Gasteiger partial charge >= 0.3 is 5.97 Å². The van der Waals surface area contributed by atoms with Crippen molar-refractivity contribution in [3.05, 3.63) is 41.1 Å². The molecule has 0 aliphatic carbocycles. The van der Waals surface area contributed by atoms with Crippen LogP contribution in [-0.2, 0) is 13.6 Å². The van der Waals surface area contributed by atoms with E-state index >= 15 is 0 Å². The van der Waals surface area contributed by atoms with Crippen LogP contribution in [0.2, 0.25) is 0 Å². The molecule has 19 heavy (non-hydrogen) atoms. The number of carboxylic acids is 1. The Morgan fingerprint density at radius 3 is 2.79 bits per heavy atom. The molecule has 0 saturated carbocycles. The summed E-state index contributed by atoms with van der Waals surface area (Å²) < 4.78 is 1.87. The largest absolute Gasteiger partial charge is 0.478 e. The van der Waals surface area contributed by atoms with Gasteiger partial charge in [0.2, 0.25) is 0 Å². The minimum absolute atomic E-state index is 0.208. The number of carbonyl (C=O) groups is 1. The molecule has 0 aliphatic heterocycles. The molecule has 2 aromatic rings. The predicted octanol–water partition coefficient (Wildman–Crippen LogP) is 1.74. The zero-order valence-electron chi connectivity index (χ0n) is 11.1. The monoisotopic (exact) mass is 260 g/mol. The van der Waals surface area contributed by atoms with E-state index in [0.29, 0.717) is 17.9 Å². The Balaban J connectivity index is 2.29. The van der Waals surface area contributed by atoms with Crippen molar-refractivity contribution >= 4 is 11.8 Å². The number of anilines is 1. The zero-order chi connectivity index (χ0) is 14.0. The van der Waals surface area contributed by atoms with E-state index in [1.54, 1.807) is 19.2 Å². The second-order valence-electron chi connectivity index (χ2n) is 4.42. The predicted molar refractivity (Wildman–Crippen MR) is 71.2 cm³/mol. The van der Waals surface area contributed by atoms with Crippen LogP contribution in [0.3, 0.4) is 0 Å². The summed E-state index contributed by atoms with van der Waals surface area (Å²) in [6, 6.07) is 1.76. The smallest absolute Gasteiger partial charge is 0.339 e. The van der Waals surface area contributed by atoms with E-state index in [1.165, 1.54) is 0 Å². The van der Waals surface area contributed by atoms with Crippen LogP contribution >= 0.6 is 0 Å². The Labute approximate surface area is 111 Å². The molecule has 2 aromatic heterocycles. The molecule has 0 aliphatic rings. The fraction of sp³-hybridized carbons (Fsp3) is 0.308. The number of nitrogens with zero attached hydrogens (tertiary/aromatic N) is 3. The summed E-state index contributed by atoms with van der Waals surface area (Å²) in [5, 5.41) is 12.3. The van der Waals surface area contributed by atoms with Gasteiger partial charge in [-0.15, -0.1) is 0 Å². The second-order valence-corrected chi connectivity index (χ2v) is 4.42. The van der Waals surface area contributed by atoms with Crippen LogP contribution in [0, 0.1) is 13.8 Å². The number of aromatic carboxylic acids is 1. The number of nitrogens with one attached hydrogen (secondary N) is 1. The summed E-state index contributed by atoms with van der Waals surface area (Å²) in [6.07, 6.45) is 3.54. The second kappa shape index (κ2) is 5.09. The van der Waals surface area contributed by atoms with Gasteiger partial charge in [-0.2, -0.15) is 0 Å². The lowest BCUT2D eigenvalue weighted by molar-refractivity contribution is 0.0697. The maximum Gasteiger partial charge on any atom is 0.339 e. The zero-order valence-corrected chi connectivity index (χ0v) is 11.1. The topological polar surface area (TPSA) is 80.0 Å². The number of carboxylic acid groups (broad SMARTS) is 1. The first-order valence-corrected chi connectivity index (χ1v) is 5.90. The molecule has 0 amide bonds. The van der Waals surface area contributed by atoms with E-state index in [9.17, 15) is 9.90 Å². The quantitative estimate of drug-likeness (QED) is 0.875. The van der Waals surface area contributed by atoms with Gasteiger partial charge in [0.25, 0.3) is 0 Å². The molecular formula is C13H16N4O2. The molecule has 2 heterocycles. The third-order valence-electron chi connectivity index (χ3n) is 2.89. The van der Waals surface area contributed by atoms with E-state index in [-0.39, 0.29) is 5.56 Å². The van der Waals surface area contributed by atoms with Gasteiger partial charge in [-0.25, -0.2) is 14.8 Å². The first-order valence-electron chi connectivity index (χ1n) is 5.90. The molecule has 0 bridgehead atoms. The lowest BCUT2D eigenvalue weighted by Crippen LogP contribution is -2.13. The van der Waals surface area contributed by atoms with Crippen LogP contribution < -0.4 is 5.32 Å². The van der Waals surface area contributed by atoms with E-state index in [4.69, 9.17) is 0 Å². The van der Waals surface area contributed by atoms with Gasteiger partial charge < -0.3 is 15.0 Å². The highest BCUT2D eigenvalue weighted by Gasteiger charge is 2.15. The maximum absolute atomic E-state index is 11.3. The Morgan fingerprint density at radius 2 is 2.21 bits per heavy atom. The van der Waals surface area contributed by atoms with Gasteiger partial charge in [0, 0.05) is 25.1 Å². The SMILES string of the molecule is Cc1cc(C)c(C(=O)O)c(NCc2nccn2C)n1. The highest BCUT2D eigenvalue weighted by molar-refractivity contribution is 5.94. The standard InChI is InChI=1S/C13H16N4O2/c1-8-6-9(2)16-12(11(8)13(18)19)15-7-10-14-4-5-17(10)3/h4-6H,7H2,1-3H3,(H,15,16)(H,18,19). The normalized spacial score (nSPS) is 10.5. The Morgan fingerprint density at radius 1 is 1.47 bits per heavy atom. The third-order valence-corrected chi connectivity index (χ3v) is 2.89. The summed E-state index contributed by atoms with van der Waals surface area (Å²) >= 11 is 0. The van der Waals surface area contributed by atoms with Crippen LogP contribution in [0.5, 0.6) is 0 Å². The lowest BCUT2D eigenvalue weighted by Gasteiger charge is -2.11. The summed E-state index contributed by atoms with van der Waals surface area (Å²) in [5.74, 6) is 0.220. The van der Waals surface area contributed by atoms with Crippen LogP contribution in [-0.4, -0.2) is 25.6 Å². The van der Waals surface area contributed by atoms with E-state index in [1.807, 2.05) is 24.7 Å². The molecule has 0 spiro atoms. The molecule has 6 heteroatoms. The minimum Gasteiger partial charge on any atom is -0.478 e. The fourth-order valence-corrected chi connectivity index (χ4v) is 1.96. The Bertz CT molecular complexity index is 619. The van der Waals surface area contributed by atoms with Crippen molar-refractivity contribution in [2.75, 3.05) is 5.32 Å². The van der Waals surface area contributed by atoms with E-state index < -0.39 is 5.97 Å². The number of aromatic nitrogens is 3. The van der Waals surface area contributed by atoms with E-state index in [2.05, 4.69) is 15.3 Å². The summed E-state index contributed by atoms with van der Waals surface area (Å²) in [4.78, 5) is 19.7. The number of hydrogen-bond donors (Lipinski definition) is 2. The molecule has 0 radical (unpaired) electrons. The van der Waals surface area contributed by atoms with Gasteiger partial charge in [0.1, 0.15) is 17.2 Å². The highest BCUT2D eigenvalue weighted by Crippen LogP contribution is 2.19. The van der Waals surface area contributed by atoms with Crippen LogP contribution in [0.4, 0.5) is 5.82 Å². The molecule has 100 valence electrons. The fourth-order valence-electron chi connectivity index (χ4n) is 1.96. The first kappa shape index (κ1) is 13.1. The molecule has 2 rings (SSSR count). The molecule has 0 saturated heterocycles. The van der Waals surface area contributed by atoms with Crippen molar-refractivity contribution < 1.29 is 9.90 Å². The molecule has 0 aromatic carbocycles. The van der Waals surface area contributed by atoms with Gasteiger partial charge in [-0.3, -0.25) is 0 Å². The van der Waals surface area contributed by atoms with E-state index in [0.717, 1.165) is 11.5 Å². The molecule has 2 N–H and O–H groups in total. The maximum atomic E-state index is 11.3. The summed E-state index contributed by atoms with van der Waals surface area (Å²) in [7, 11) is 1.89. The van der Waals surface area contributed by atoms with Gasteiger partial charge in [-0.1, -0.05) is 0 Å². The van der Waals surface area contributed by atoms with Gasteiger partial charge in [-0.05, 0) is 25.5 Å². The van der Waals surface area contributed by atoms with Gasteiger partial charge in [0.15, 0.2) is 0 Å². The van der Waals surface area contributed by atoms with Gasteiger partial charge in [0.05, 0.1) is 6.54 Å². The molecular weight excluding hydrogens is 244 g/mol. The average molecular weight is 260 g/mol. The average Bonchev–Trinajstić information content (AvgIpc) is 2.70. The van der Waals surface area contributed by atoms with Crippen molar-refractivity contribution in [2.24, 2.45) is 7.05 Å². The van der Waals surface area contributed by atoms with Crippen molar-refractivity contribution in [1.82, 2.24) is 14.5 Å². The Hall–Kier alpha value is -2.37. The molecule has 0 fully saturated rings. The van der Waals surface area contributed by atoms with Crippen LogP contribution in [0.1, 0.15) is 27.4 Å². The lowest BCUT2D eigenvalue weighted by atomic mass is 10.1. The third kappa shape index (κ3) is 2.73. The summed E-state index contributed by atoms with van der Waals surface area (Å²) in [6.45, 7) is 4.04. The Kier molecular flexibility index (Phi) is 3.50. The molecule has 6 nitrogen and oxygen atoms in total. The summed E-state index contributed by atoms with van der Waals surface area (Å²) in [5.41, 5.74) is 1.69. The number of pyridine rings is 1. The molecule has 0 atom stereocenters. The van der Waals surface area contributed by atoms with Crippen molar-refractivity contribution in [2.45, 2.75) is 20.4 Å². The highest BCUT2D eigenvalue weighted by atomic mass is 16.4. The number of rotatable bonds is 4. The number of hydrogen-bond acceptors (Lipinski definition) is 4. The number of imidazole rings is 1. The first-order chi connectivity index (χ1) is 8.99. The van der Waals surface area contributed by atoms with Crippen molar-refractivity contribution in [3.63, 3.8) is 0 Å². The minimum atomic E-state index is -0.979. The van der Waals surface area contributed by atoms with Crippen LogP contribution in [0.15, 0.2) is 18.5 Å². The van der Waals surface area contributed by atoms with Crippen LogP contribution in [0.25, 0.3) is 0 Å². The van der Waals surface area contributed by atoms with Crippen molar-refractivity contribution in [1.29, 1.82) is 0 Å².